The second kappa shape index (κ2) is 6.44. The molecular formula is C16H25ClN2O. The molecule has 1 atom stereocenters. The van der Waals surface area contributed by atoms with E-state index in [2.05, 4.69) is 31.0 Å². The molecule has 1 unspecified atom stereocenters. The van der Waals surface area contributed by atoms with Crippen LogP contribution in [-0.4, -0.2) is 36.7 Å². The molecule has 0 spiro atoms. The largest absolute Gasteiger partial charge is 0.378 e. The van der Waals surface area contributed by atoms with E-state index in [-0.39, 0.29) is 5.54 Å². The number of rotatable bonds is 6. The van der Waals surface area contributed by atoms with Crippen LogP contribution in [0.5, 0.6) is 0 Å². The van der Waals surface area contributed by atoms with Gasteiger partial charge in [-0.3, -0.25) is 4.90 Å². The molecule has 3 nitrogen and oxygen atoms in total. The van der Waals surface area contributed by atoms with Gasteiger partial charge in [0.15, 0.2) is 0 Å². The Kier molecular flexibility index (Phi) is 5.08. The second-order valence-corrected chi connectivity index (χ2v) is 6.19. The molecule has 0 amide bonds. The van der Waals surface area contributed by atoms with E-state index < -0.39 is 0 Å². The van der Waals surface area contributed by atoms with Crippen LogP contribution in [0, 0.1) is 0 Å². The highest BCUT2D eigenvalue weighted by atomic mass is 35.5. The summed E-state index contributed by atoms with van der Waals surface area (Å²) in [5.41, 5.74) is 7.39. The van der Waals surface area contributed by atoms with E-state index in [4.69, 9.17) is 22.1 Å². The fourth-order valence-corrected chi connectivity index (χ4v) is 3.24. The Morgan fingerprint density at radius 3 is 2.50 bits per heavy atom. The minimum atomic E-state index is 0.0683. The van der Waals surface area contributed by atoms with Crippen molar-refractivity contribution in [2.24, 2.45) is 5.73 Å². The van der Waals surface area contributed by atoms with Gasteiger partial charge in [0.25, 0.3) is 0 Å². The molecule has 0 aromatic heterocycles. The fourth-order valence-electron chi connectivity index (χ4n) is 3.12. The number of hydrogen-bond acceptors (Lipinski definition) is 3. The molecule has 0 saturated heterocycles. The van der Waals surface area contributed by atoms with Gasteiger partial charge in [-0.05, 0) is 51.4 Å². The molecule has 0 bridgehead atoms. The van der Waals surface area contributed by atoms with E-state index in [0.717, 1.165) is 24.5 Å². The molecule has 1 fully saturated rings. The van der Waals surface area contributed by atoms with Crippen LogP contribution in [-0.2, 0) is 4.74 Å². The molecule has 20 heavy (non-hydrogen) atoms. The van der Waals surface area contributed by atoms with Crippen molar-refractivity contribution in [1.82, 2.24) is 4.90 Å². The topological polar surface area (TPSA) is 38.5 Å². The van der Waals surface area contributed by atoms with Crippen LogP contribution in [0.3, 0.4) is 0 Å². The lowest BCUT2D eigenvalue weighted by molar-refractivity contribution is -0.103. The predicted molar refractivity (Wildman–Crippen MR) is 84.1 cm³/mol. The molecule has 1 aliphatic rings. The van der Waals surface area contributed by atoms with Crippen LogP contribution in [0.1, 0.15) is 38.3 Å². The molecule has 1 aromatic carbocycles. The lowest BCUT2D eigenvalue weighted by atomic mass is 9.72. The summed E-state index contributed by atoms with van der Waals surface area (Å²) in [6.45, 7) is 5.71. The van der Waals surface area contributed by atoms with Crippen LogP contribution in [0.15, 0.2) is 24.3 Å². The van der Waals surface area contributed by atoms with E-state index in [1.165, 1.54) is 5.56 Å². The van der Waals surface area contributed by atoms with Gasteiger partial charge in [-0.15, -0.1) is 0 Å². The van der Waals surface area contributed by atoms with Crippen molar-refractivity contribution in [3.05, 3.63) is 34.9 Å². The normalized spacial score (nSPS) is 27.4. The third-order valence-corrected chi connectivity index (χ3v) is 4.93. The summed E-state index contributed by atoms with van der Waals surface area (Å²) >= 11 is 5.96. The number of likely N-dealkylation sites (N-methyl/N-ethyl adjacent to an activating group) is 1. The van der Waals surface area contributed by atoms with Crippen molar-refractivity contribution in [2.75, 3.05) is 20.2 Å². The van der Waals surface area contributed by atoms with Crippen molar-refractivity contribution < 1.29 is 4.74 Å². The zero-order valence-corrected chi connectivity index (χ0v) is 13.4. The van der Waals surface area contributed by atoms with Gasteiger partial charge in [0.05, 0.1) is 6.10 Å². The molecule has 2 N–H and O–H groups in total. The quantitative estimate of drug-likeness (QED) is 0.876. The summed E-state index contributed by atoms with van der Waals surface area (Å²) < 4.78 is 5.69. The molecule has 112 valence electrons. The molecular weight excluding hydrogens is 272 g/mol. The molecule has 2 rings (SSSR count). The zero-order valence-electron chi connectivity index (χ0n) is 12.6. The number of benzene rings is 1. The number of hydrogen-bond donors (Lipinski definition) is 1. The maximum absolute atomic E-state index is 6.05. The maximum atomic E-state index is 6.05. The minimum absolute atomic E-state index is 0.0683. The van der Waals surface area contributed by atoms with Crippen LogP contribution in [0.4, 0.5) is 0 Å². The Hall–Kier alpha value is -0.610. The molecule has 0 aliphatic heterocycles. The predicted octanol–water partition coefficient (Wildman–Crippen LogP) is 3.23. The lowest BCUT2D eigenvalue weighted by Crippen LogP contribution is -2.63. The molecule has 1 aromatic rings. The summed E-state index contributed by atoms with van der Waals surface area (Å²) in [6.07, 6.45) is 2.40. The summed E-state index contributed by atoms with van der Waals surface area (Å²) in [5, 5.41) is 0.775. The van der Waals surface area contributed by atoms with E-state index in [1.54, 1.807) is 0 Å². The average Bonchev–Trinajstić information content (AvgIpc) is 2.42. The molecule has 0 radical (unpaired) electrons. The van der Waals surface area contributed by atoms with Crippen molar-refractivity contribution in [3.8, 4) is 0 Å². The summed E-state index contributed by atoms with van der Waals surface area (Å²) in [4.78, 5) is 2.39. The van der Waals surface area contributed by atoms with Crippen molar-refractivity contribution in [2.45, 2.75) is 44.4 Å². The molecule has 0 heterocycles. The van der Waals surface area contributed by atoms with E-state index in [9.17, 15) is 0 Å². The van der Waals surface area contributed by atoms with Gasteiger partial charge in [0.2, 0.25) is 0 Å². The number of nitrogens with two attached hydrogens (primary N) is 1. The molecule has 4 heteroatoms. The van der Waals surface area contributed by atoms with Crippen molar-refractivity contribution >= 4 is 11.6 Å². The van der Waals surface area contributed by atoms with Gasteiger partial charge in [-0.25, -0.2) is 0 Å². The first-order valence-electron chi connectivity index (χ1n) is 7.32. The Bertz CT molecular complexity index is 429. The third-order valence-electron chi connectivity index (χ3n) is 4.68. The second-order valence-electron chi connectivity index (χ2n) is 5.75. The highest BCUT2D eigenvalue weighted by Crippen LogP contribution is 2.42. The molecule has 1 aliphatic carbocycles. The van der Waals surface area contributed by atoms with Gasteiger partial charge in [-0.1, -0.05) is 23.7 Å². The summed E-state index contributed by atoms with van der Waals surface area (Å²) in [6, 6.07) is 8.39. The summed E-state index contributed by atoms with van der Waals surface area (Å²) in [7, 11) is 2.16. The van der Waals surface area contributed by atoms with E-state index in [0.29, 0.717) is 18.7 Å². The van der Waals surface area contributed by atoms with E-state index >= 15 is 0 Å². The first-order chi connectivity index (χ1) is 9.52. The van der Waals surface area contributed by atoms with E-state index in [1.807, 2.05) is 19.1 Å². The first kappa shape index (κ1) is 15.8. The standard InChI is InChI=1S/C16H25ClN2O/c1-4-20-15-9-16(10-15,11-18)19(3)12(2)13-5-7-14(17)8-6-13/h5-8,12,15H,4,9-11,18H2,1-3H3. The third kappa shape index (κ3) is 3.01. The zero-order chi connectivity index (χ0) is 14.8. The Balaban J connectivity index is 2.05. The van der Waals surface area contributed by atoms with Crippen molar-refractivity contribution in [3.63, 3.8) is 0 Å². The van der Waals surface area contributed by atoms with Crippen LogP contribution in [0.25, 0.3) is 0 Å². The number of nitrogens with zero attached hydrogens (tertiary/aromatic N) is 1. The smallest absolute Gasteiger partial charge is 0.0611 e. The lowest BCUT2D eigenvalue weighted by Gasteiger charge is -2.54. The van der Waals surface area contributed by atoms with Gasteiger partial charge < -0.3 is 10.5 Å². The van der Waals surface area contributed by atoms with Crippen molar-refractivity contribution in [1.29, 1.82) is 0 Å². The van der Waals surface area contributed by atoms with Crippen LogP contribution >= 0.6 is 11.6 Å². The maximum Gasteiger partial charge on any atom is 0.0611 e. The Labute approximate surface area is 127 Å². The van der Waals surface area contributed by atoms with Crippen LogP contribution < -0.4 is 5.73 Å². The Morgan fingerprint density at radius 1 is 1.40 bits per heavy atom. The van der Waals surface area contributed by atoms with Crippen LogP contribution in [0.2, 0.25) is 5.02 Å². The van der Waals surface area contributed by atoms with Gasteiger partial charge in [0.1, 0.15) is 0 Å². The first-order valence-corrected chi connectivity index (χ1v) is 7.70. The highest BCUT2D eigenvalue weighted by Gasteiger charge is 2.48. The molecule has 1 saturated carbocycles. The number of ether oxygens (including phenoxy) is 1. The highest BCUT2D eigenvalue weighted by molar-refractivity contribution is 6.30. The van der Waals surface area contributed by atoms with Gasteiger partial charge >= 0.3 is 0 Å². The fraction of sp³-hybridized carbons (Fsp3) is 0.625. The minimum Gasteiger partial charge on any atom is -0.378 e. The number of halogens is 1. The summed E-state index contributed by atoms with van der Waals surface area (Å²) in [5.74, 6) is 0. The Morgan fingerprint density at radius 2 is 2.00 bits per heavy atom. The van der Waals surface area contributed by atoms with Gasteiger partial charge in [-0.2, -0.15) is 0 Å². The SMILES string of the molecule is CCOC1CC(CN)(N(C)C(C)c2ccc(Cl)cc2)C1. The van der Waals surface area contributed by atoms with Gasteiger partial charge in [0, 0.05) is 29.8 Å². The average molecular weight is 297 g/mol. The monoisotopic (exact) mass is 296 g/mol.